The average Bonchev–Trinajstić information content (AvgIpc) is 3.08. The summed E-state index contributed by atoms with van der Waals surface area (Å²) in [5.74, 6) is -0.761. The molecular formula is C18H11N3O2S. The topological polar surface area (TPSA) is 72.0 Å². The van der Waals surface area contributed by atoms with Gasteiger partial charge < -0.3 is 0 Å². The van der Waals surface area contributed by atoms with Crippen molar-refractivity contribution >= 4 is 34.8 Å². The number of rotatable bonds is 2. The molecule has 2 aromatic heterocycles. The van der Waals surface area contributed by atoms with Gasteiger partial charge in [0, 0.05) is 40.2 Å². The summed E-state index contributed by atoms with van der Waals surface area (Å²) in [7, 11) is 0. The van der Waals surface area contributed by atoms with Crippen LogP contribution in [0.25, 0.3) is 22.2 Å². The standard InChI is InChI=1S/C18H11N3O2S/c22-16-14-6-2-1-5-13(14)15(17(23)21-16)8-12-10-20-18(24-12)11-4-3-7-19-9-11/h1-10H,(H,21,22,23)/b15-8+. The monoisotopic (exact) mass is 333 g/mol. The normalized spacial score (nSPS) is 15.2. The minimum absolute atomic E-state index is 0.367. The smallest absolute Gasteiger partial charge is 0.258 e. The van der Waals surface area contributed by atoms with Gasteiger partial charge in [-0.25, -0.2) is 4.98 Å². The summed E-state index contributed by atoms with van der Waals surface area (Å²) in [5.41, 5.74) is 2.53. The number of thiazole rings is 1. The van der Waals surface area contributed by atoms with Gasteiger partial charge in [0.05, 0.1) is 0 Å². The molecule has 0 saturated carbocycles. The lowest BCUT2D eigenvalue weighted by atomic mass is 9.94. The van der Waals surface area contributed by atoms with Crippen molar-refractivity contribution in [3.05, 3.63) is 71.0 Å². The maximum atomic E-state index is 12.2. The Hall–Kier alpha value is -3.12. The van der Waals surface area contributed by atoms with Gasteiger partial charge in [0.15, 0.2) is 0 Å². The molecule has 0 radical (unpaired) electrons. The molecule has 0 unspecified atom stereocenters. The van der Waals surface area contributed by atoms with Crippen LogP contribution < -0.4 is 5.32 Å². The third kappa shape index (κ3) is 2.53. The van der Waals surface area contributed by atoms with E-state index in [2.05, 4.69) is 15.3 Å². The minimum Gasteiger partial charge on any atom is -0.288 e. The number of benzene rings is 1. The Bertz CT molecular complexity index is 977. The first-order valence-corrected chi connectivity index (χ1v) is 8.07. The summed E-state index contributed by atoms with van der Waals surface area (Å²) in [5, 5.41) is 3.20. The van der Waals surface area contributed by atoms with E-state index in [0.717, 1.165) is 15.4 Å². The van der Waals surface area contributed by atoms with Crippen molar-refractivity contribution in [3.8, 4) is 10.6 Å². The van der Waals surface area contributed by atoms with Crippen molar-refractivity contribution in [2.75, 3.05) is 0 Å². The van der Waals surface area contributed by atoms with E-state index in [4.69, 9.17) is 0 Å². The second-order valence-corrected chi connectivity index (χ2v) is 6.26. The van der Waals surface area contributed by atoms with E-state index in [1.54, 1.807) is 42.9 Å². The summed E-state index contributed by atoms with van der Waals surface area (Å²) < 4.78 is 0. The van der Waals surface area contributed by atoms with Gasteiger partial charge in [-0.05, 0) is 29.8 Å². The average molecular weight is 333 g/mol. The van der Waals surface area contributed by atoms with Crippen LogP contribution in [0.4, 0.5) is 0 Å². The fraction of sp³-hybridized carbons (Fsp3) is 0. The van der Waals surface area contributed by atoms with Gasteiger partial charge in [-0.15, -0.1) is 11.3 Å². The molecule has 0 atom stereocenters. The van der Waals surface area contributed by atoms with E-state index in [-0.39, 0.29) is 5.91 Å². The molecule has 1 aromatic carbocycles. The van der Waals surface area contributed by atoms with Gasteiger partial charge in [-0.1, -0.05) is 18.2 Å². The zero-order valence-electron chi connectivity index (χ0n) is 12.4. The van der Waals surface area contributed by atoms with E-state index in [1.165, 1.54) is 11.3 Å². The Balaban J connectivity index is 1.76. The third-order valence-corrected chi connectivity index (χ3v) is 4.65. The van der Waals surface area contributed by atoms with Crippen LogP contribution in [0.15, 0.2) is 55.0 Å². The van der Waals surface area contributed by atoms with Crippen molar-refractivity contribution in [2.45, 2.75) is 0 Å². The first-order chi connectivity index (χ1) is 11.7. The highest BCUT2D eigenvalue weighted by molar-refractivity contribution is 7.16. The maximum absolute atomic E-state index is 12.2. The molecule has 24 heavy (non-hydrogen) atoms. The fourth-order valence-electron chi connectivity index (χ4n) is 2.54. The third-order valence-electron chi connectivity index (χ3n) is 3.65. The zero-order valence-corrected chi connectivity index (χ0v) is 13.2. The van der Waals surface area contributed by atoms with Crippen LogP contribution in [0.2, 0.25) is 0 Å². The summed E-state index contributed by atoms with van der Waals surface area (Å²) in [6.07, 6.45) is 6.93. The molecule has 116 valence electrons. The molecule has 4 rings (SSSR count). The molecule has 0 spiro atoms. The van der Waals surface area contributed by atoms with Crippen molar-refractivity contribution in [1.82, 2.24) is 15.3 Å². The first-order valence-electron chi connectivity index (χ1n) is 7.25. The minimum atomic E-state index is -0.393. The van der Waals surface area contributed by atoms with Crippen LogP contribution in [0.3, 0.4) is 0 Å². The molecule has 0 fully saturated rings. The summed E-state index contributed by atoms with van der Waals surface area (Å²) >= 11 is 1.46. The molecule has 3 heterocycles. The van der Waals surface area contributed by atoms with Crippen molar-refractivity contribution in [3.63, 3.8) is 0 Å². The molecule has 0 bridgehead atoms. The molecule has 1 N–H and O–H groups in total. The Labute approximate surface area is 141 Å². The molecule has 0 aliphatic carbocycles. The number of nitrogens with one attached hydrogen (secondary N) is 1. The Morgan fingerprint density at radius 2 is 1.79 bits per heavy atom. The number of amides is 2. The van der Waals surface area contributed by atoms with Crippen molar-refractivity contribution in [2.24, 2.45) is 0 Å². The van der Waals surface area contributed by atoms with Crippen LogP contribution in [-0.4, -0.2) is 21.8 Å². The number of fused-ring (bicyclic) bond motifs is 1. The lowest BCUT2D eigenvalue weighted by Crippen LogP contribution is -2.36. The number of hydrogen-bond acceptors (Lipinski definition) is 5. The molecule has 3 aromatic rings. The summed E-state index contributed by atoms with van der Waals surface area (Å²) in [6.45, 7) is 0. The van der Waals surface area contributed by atoms with Crippen LogP contribution in [0, 0.1) is 0 Å². The number of nitrogens with zero attached hydrogens (tertiary/aromatic N) is 2. The number of carbonyl (C=O) groups excluding carboxylic acids is 2. The van der Waals surface area contributed by atoms with Crippen LogP contribution in [-0.2, 0) is 4.79 Å². The highest BCUT2D eigenvalue weighted by Crippen LogP contribution is 2.30. The lowest BCUT2D eigenvalue weighted by Gasteiger charge is -2.17. The van der Waals surface area contributed by atoms with Gasteiger partial charge in [-0.2, -0.15) is 0 Å². The molecular weight excluding hydrogens is 322 g/mol. The molecule has 6 heteroatoms. The number of imide groups is 1. The summed E-state index contributed by atoms with van der Waals surface area (Å²) in [4.78, 5) is 33.4. The van der Waals surface area contributed by atoms with Crippen molar-refractivity contribution in [1.29, 1.82) is 0 Å². The predicted molar refractivity (Wildman–Crippen MR) is 92.1 cm³/mol. The molecule has 5 nitrogen and oxygen atoms in total. The molecule has 1 aliphatic rings. The van der Waals surface area contributed by atoms with E-state index in [0.29, 0.717) is 16.7 Å². The molecule has 1 aliphatic heterocycles. The van der Waals surface area contributed by atoms with Gasteiger partial charge in [0.1, 0.15) is 5.01 Å². The number of carbonyl (C=O) groups is 2. The van der Waals surface area contributed by atoms with E-state index in [1.807, 2.05) is 18.2 Å². The van der Waals surface area contributed by atoms with Crippen LogP contribution in [0.1, 0.15) is 20.8 Å². The van der Waals surface area contributed by atoms with Crippen molar-refractivity contribution < 1.29 is 9.59 Å². The quantitative estimate of drug-likeness (QED) is 0.578. The Morgan fingerprint density at radius 1 is 0.958 bits per heavy atom. The largest absolute Gasteiger partial charge is 0.288 e. The molecule has 0 saturated heterocycles. The predicted octanol–water partition coefficient (Wildman–Crippen LogP) is 3.02. The van der Waals surface area contributed by atoms with Gasteiger partial charge in [0.2, 0.25) is 0 Å². The number of hydrogen-bond donors (Lipinski definition) is 1. The highest BCUT2D eigenvalue weighted by atomic mass is 32.1. The maximum Gasteiger partial charge on any atom is 0.258 e. The Kier molecular flexibility index (Phi) is 3.51. The SMILES string of the molecule is O=C1NC(=O)c2ccccc2/C1=C\c1cnc(-c2cccnc2)s1. The van der Waals surface area contributed by atoms with Gasteiger partial charge in [-0.3, -0.25) is 19.9 Å². The first kappa shape index (κ1) is 14.5. The Morgan fingerprint density at radius 3 is 2.58 bits per heavy atom. The van der Waals surface area contributed by atoms with Gasteiger partial charge >= 0.3 is 0 Å². The molecule has 2 amide bonds. The fourth-order valence-corrected chi connectivity index (χ4v) is 3.39. The van der Waals surface area contributed by atoms with Crippen LogP contribution >= 0.6 is 11.3 Å². The van der Waals surface area contributed by atoms with Crippen LogP contribution in [0.5, 0.6) is 0 Å². The highest BCUT2D eigenvalue weighted by Gasteiger charge is 2.26. The second-order valence-electron chi connectivity index (χ2n) is 5.20. The van der Waals surface area contributed by atoms with E-state index < -0.39 is 5.91 Å². The van der Waals surface area contributed by atoms with Gasteiger partial charge in [0.25, 0.3) is 11.8 Å². The van der Waals surface area contributed by atoms with E-state index in [9.17, 15) is 9.59 Å². The zero-order chi connectivity index (χ0) is 16.5. The number of pyridine rings is 1. The number of aromatic nitrogens is 2. The second kappa shape index (κ2) is 5.82. The summed E-state index contributed by atoms with van der Waals surface area (Å²) in [6, 6.07) is 10.9. The van der Waals surface area contributed by atoms with E-state index >= 15 is 0 Å². The lowest BCUT2D eigenvalue weighted by molar-refractivity contribution is -0.114.